The number of allylic oxidation sites excluding steroid dienone is 2. The molecule has 0 aromatic heterocycles. The van der Waals surface area contributed by atoms with Gasteiger partial charge < -0.3 is 0 Å². The van der Waals surface area contributed by atoms with Gasteiger partial charge in [0.2, 0.25) is 0 Å². The number of carbonyl (C=O) groups excluding carboxylic acids is 1. The van der Waals surface area contributed by atoms with Gasteiger partial charge in [-0.05, 0) is 34.2 Å². The Kier molecular flexibility index (Phi) is 3.88. The third-order valence-electron chi connectivity index (χ3n) is 7.08. The molecule has 0 saturated heterocycles. The van der Waals surface area contributed by atoms with Crippen molar-refractivity contribution in [3.8, 4) is 0 Å². The number of benzene rings is 4. The number of rotatable bonds is 4. The lowest BCUT2D eigenvalue weighted by atomic mass is 9.78. The average Bonchev–Trinajstić information content (AvgIpc) is 3.51. The van der Waals surface area contributed by atoms with E-state index in [1.54, 1.807) is 0 Å². The van der Waals surface area contributed by atoms with E-state index < -0.39 is 5.41 Å². The first kappa shape index (κ1) is 18.1. The SMILES string of the molecule is O=C1C(c2ccccc2)=C(c2ccccc2)[C@@]2(c3ccccc3)C[C@@]12c1ccccc1. The number of Topliss-reactive ketones (excluding diaryl/α,β-unsaturated/α-hetero) is 1. The minimum Gasteiger partial charge on any atom is -0.293 e. The van der Waals surface area contributed by atoms with Crippen molar-refractivity contribution in [3.05, 3.63) is 144 Å². The Bertz CT molecular complexity index is 1290. The lowest BCUT2D eigenvalue weighted by Crippen LogP contribution is -2.25. The molecule has 0 N–H and O–H groups in total. The zero-order valence-corrected chi connectivity index (χ0v) is 17.2. The standard InChI is InChI=1S/C30H22O/c31-28-26(22-13-5-1-6-14-22)27(23-15-7-2-8-16-23)29(24-17-9-3-10-18-24)21-30(28,29)25-19-11-4-12-20-25/h1-20H,21H2/t29-,30+/m0/s1. The molecule has 148 valence electrons. The highest BCUT2D eigenvalue weighted by atomic mass is 16.1. The van der Waals surface area contributed by atoms with Crippen LogP contribution in [0.15, 0.2) is 121 Å². The van der Waals surface area contributed by atoms with Gasteiger partial charge in [-0.25, -0.2) is 0 Å². The number of hydrogen-bond donors (Lipinski definition) is 0. The van der Waals surface area contributed by atoms with Gasteiger partial charge >= 0.3 is 0 Å². The van der Waals surface area contributed by atoms with Crippen molar-refractivity contribution in [1.29, 1.82) is 0 Å². The smallest absolute Gasteiger partial charge is 0.175 e. The number of ketones is 1. The van der Waals surface area contributed by atoms with Crippen molar-refractivity contribution in [3.63, 3.8) is 0 Å². The van der Waals surface area contributed by atoms with Gasteiger partial charge in [0.05, 0.1) is 5.41 Å². The highest BCUT2D eigenvalue weighted by Crippen LogP contribution is 2.77. The second-order valence-electron chi connectivity index (χ2n) is 8.53. The molecular weight excluding hydrogens is 376 g/mol. The summed E-state index contributed by atoms with van der Waals surface area (Å²) in [5, 5.41) is 0. The molecule has 0 amide bonds. The fourth-order valence-corrected chi connectivity index (χ4v) is 5.76. The van der Waals surface area contributed by atoms with Crippen LogP contribution in [0.1, 0.15) is 28.7 Å². The van der Waals surface area contributed by atoms with Crippen molar-refractivity contribution in [2.75, 3.05) is 0 Å². The van der Waals surface area contributed by atoms with Gasteiger partial charge in [0.1, 0.15) is 0 Å². The van der Waals surface area contributed by atoms with Crippen LogP contribution in [0.25, 0.3) is 11.1 Å². The van der Waals surface area contributed by atoms with Crippen LogP contribution in [0.2, 0.25) is 0 Å². The Morgan fingerprint density at radius 2 is 0.903 bits per heavy atom. The van der Waals surface area contributed by atoms with Crippen LogP contribution in [-0.2, 0) is 15.6 Å². The summed E-state index contributed by atoms with van der Waals surface area (Å²) in [4.78, 5) is 14.4. The van der Waals surface area contributed by atoms with Crippen molar-refractivity contribution in [1.82, 2.24) is 0 Å². The molecule has 4 aromatic carbocycles. The molecule has 1 heteroatoms. The molecule has 0 aliphatic heterocycles. The molecule has 0 spiro atoms. The average molecular weight is 399 g/mol. The van der Waals surface area contributed by atoms with E-state index in [0.29, 0.717) is 0 Å². The highest BCUT2D eigenvalue weighted by molar-refractivity contribution is 6.40. The Balaban J connectivity index is 1.71. The Morgan fingerprint density at radius 3 is 1.42 bits per heavy atom. The van der Waals surface area contributed by atoms with E-state index in [-0.39, 0.29) is 11.2 Å². The van der Waals surface area contributed by atoms with Gasteiger partial charge in [0.25, 0.3) is 0 Å². The second-order valence-corrected chi connectivity index (χ2v) is 8.53. The van der Waals surface area contributed by atoms with Crippen molar-refractivity contribution >= 4 is 16.9 Å². The lowest BCUT2D eigenvalue weighted by molar-refractivity contribution is -0.115. The summed E-state index contributed by atoms with van der Waals surface area (Å²) in [5.41, 5.74) is 5.61. The van der Waals surface area contributed by atoms with Gasteiger partial charge in [-0.1, -0.05) is 121 Å². The van der Waals surface area contributed by atoms with Crippen LogP contribution < -0.4 is 0 Å². The van der Waals surface area contributed by atoms with Crippen molar-refractivity contribution < 1.29 is 4.79 Å². The minimum absolute atomic E-state index is 0.243. The Labute approximate surface area is 182 Å². The number of hydrogen-bond acceptors (Lipinski definition) is 1. The third-order valence-corrected chi connectivity index (χ3v) is 7.08. The minimum atomic E-state index is -0.550. The summed E-state index contributed by atoms with van der Waals surface area (Å²) >= 11 is 0. The lowest BCUT2D eigenvalue weighted by Gasteiger charge is -2.23. The fraction of sp³-hybridized carbons (Fsp3) is 0.100. The van der Waals surface area contributed by atoms with E-state index in [2.05, 4.69) is 72.8 Å². The second kappa shape index (κ2) is 6.65. The molecule has 6 rings (SSSR count). The molecule has 1 nitrogen and oxygen atoms in total. The first-order chi connectivity index (χ1) is 15.3. The summed E-state index contributed by atoms with van der Waals surface area (Å²) in [5.74, 6) is 0.243. The molecule has 4 aromatic rings. The Hall–Kier alpha value is -3.71. The summed E-state index contributed by atoms with van der Waals surface area (Å²) in [6.07, 6.45) is 0.813. The summed E-state index contributed by atoms with van der Waals surface area (Å²) < 4.78 is 0. The van der Waals surface area contributed by atoms with Crippen LogP contribution in [0.4, 0.5) is 0 Å². The highest BCUT2D eigenvalue weighted by Gasteiger charge is 2.79. The van der Waals surface area contributed by atoms with E-state index in [9.17, 15) is 4.79 Å². The Morgan fingerprint density at radius 1 is 0.484 bits per heavy atom. The molecule has 0 heterocycles. The van der Waals surface area contributed by atoms with Gasteiger partial charge in [0.15, 0.2) is 5.78 Å². The first-order valence-corrected chi connectivity index (χ1v) is 10.8. The van der Waals surface area contributed by atoms with Crippen molar-refractivity contribution in [2.45, 2.75) is 17.3 Å². The predicted molar refractivity (Wildman–Crippen MR) is 126 cm³/mol. The van der Waals surface area contributed by atoms with Crippen LogP contribution in [0.5, 0.6) is 0 Å². The molecule has 2 aliphatic carbocycles. The molecule has 1 fully saturated rings. The van der Waals surface area contributed by atoms with Gasteiger partial charge in [-0.2, -0.15) is 0 Å². The van der Waals surface area contributed by atoms with Gasteiger partial charge in [-0.15, -0.1) is 0 Å². The predicted octanol–water partition coefficient (Wildman–Crippen LogP) is 6.46. The monoisotopic (exact) mass is 398 g/mol. The molecule has 0 radical (unpaired) electrons. The summed E-state index contributed by atoms with van der Waals surface area (Å²) in [6.45, 7) is 0. The van der Waals surface area contributed by atoms with Crippen LogP contribution in [0, 0.1) is 0 Å². The maximum Gasteiger partial charge on any atom is 0.175 e. The van der Waals surface area contributed by atoms with Gasteiger partial charge in [-0.3, -0.25) is 4.79 Å². The molecule has 2 aliphatic rings. The molecule has 1 saturated carbocycles. The van der Waals surface area contributed by atoms with E-state index in [1.807, 2.05) is 48.5 Å². The van der Waals surface area contributed by atoms with Crippen molar-refractivity contribution in [2.24, 2.45) is 0 Å². The first-order valence-electron chi connectivity index (χ1n) is 10.8. The zero-order chi connectivity index (χ0) is 20.9. The van der Waals surface area contributed by atoms with Gasteiger partial charge in [0, 0.05) is 11.0 Å². The van der Waals surface area contributed by atoms with Crippen LogP contribution in [-0.4, -0.2) is 5.78 Å². The van der Waals surface area contributed by atoms with E-state index in [0.717, 1.165) is 28.7 Å². The topological polar surface area (TPSA) is 17.1 Å². The molecule has 2 atom stereocenters. The van der Waals surface area contributed by atoms with Crippen LogP contribution >= 0.6 is 0 Å². The normalized spacial score (nSPS) is 24.2. The van der Waals surface area contributed by atoms with Crippen LogP contribution in [0.3, 0.4) is 0 Å². The quantitative estimate of drug-likeness (QED) is 0.385. The van der Waals surface area contributed by atoms with E-state index >= 15 is 0 Å². The zero-order valence-electron chi connectivity index (χ0n) is 17.2. The molecular formula is C30H22O. The third kappa shape index (κ3) is 2.35. The number of carbonyl (C=O) groups is 1. The maximum absolute atomic E-state index is 14.4. The summed E-state index contributed by atoms with van der Waals surface area (Å²) in [6, 6.07) is 41.6. The molecule has 0 bridgehead atoms. The van der Waals surface area contributed by atoms with E-state index in [1.165, 1.54) is 11.1 Å². The fourth-order valence-electron chi connectivity index (χ4n) is 5.76. The largest absolute Gasteiger partial charge is 0.293 e. The molecule has 31 heavy (non-hydrogen) atoms. The van der Waals surface area contributed by atoms with E-state index in [4.69, 9.17) is 0 Å². The summed E-state index contributed by atoms with van der Waals surface area (Å²) in [7, 11) is 0. The molecule has 0 unspecified atom stereocenters. The maximum atomic E-state index is 14.4. The number of fused-ring (bicyclic) bond motifs is 1.